The van der Waals surface area contributed by atoms with Crippen LogP contribution in [0, 0.1) is 5.92 Å². The van der Waals surface area contributed by atoms with E-state index < -0.39 is 0 Å². The largest absolute Gasteiger partial charge is 0.495 e. The first-order valence-corrected chi connectivity index (χ1v) is 11.7. The highest BCUT2D eigenvalue weighted by Gasteiger charge is 2.36. The molecule has 7 nitrogen and oxygen atoms in total. The Balaban J connectivity index is 1.45. The van der Waals surface area contributed by atoms with Crippen molar-refractivity contribution in [3.63, 3.8) is 0 Å². The molecule has 2 aliphatic rings. The van der Waals surface area contributed by atoms with Crippen LogP contribution in [0.1, 0.15) is 37.9 Å². The number of nitrogens with zero attached hydrogens (tertiary/aromatic N) is 4. The van der Waals surface area contributed by atoms with Gasteiger partial charge in [-0.3, -0.25) is 9.59 Å². The minimum Gasteiger partial charge on any atom is -0.495 e. The summed E-state index contributed by atoms with van der Waals surface area (Å²) in [4.78, 5) is 34.9. The lowest BCUT2D eigenvalue weighted by molar-refractivity contribution is -0.133. The standard InChI is InChI=1S/C26H30N4O3/c1-18-11-13-28(14-12-18)25(32)17-30-21-8-4-3-7-20(21)27-26(30)19-15-24(31)29(16-19)22-9-5-6-10-23(22)33-2/h3-10,18-19H,11-17H2,1-2H3/t19-/m0/s1. The van der Waals surface area contributed by atoms with Gasteiger partial charge in [0.2, 0.25) is 11.8 Å². The van der Waals surface area contributed by atoms with Gasteiger partial charge in [0.25, 0.3) is 0 Å². The highest BCUT2D eigenvalue weighted by Crippen LogP contribution is 2.37. The lowest BCUT2D eigenvalue weighted by Gasteiger charge is -2.30. The van der Waals surface area contributed by atoms with Gasteiger partial charge in [-0.25, -0.2) is 4.98 Å². The summed E-state index contributed by atoms with van der Waals surface area (Å²) in [7, 11) is 1.61. The molecule has 2 aromatic carbocycles. The van der Waals surface area contributed by atoms with Crippen molar-refractivity contribution in [2.75, 3.05) is 31.6 Å². The van der Waals surface area contributed by atoms with Crippen LogP contribution in [0.2, 0.25) is 0 Å². The number of carbonyl (C=O) groups is 2. The van der Waals surface area contributed by atoms with Crippen LogP contribution in [0.5, 0.6) is 5.75 Å². The molecule has 3 aromatic rings. The molecule has 0 unspecified atom stereocenters. The number of para-hydroxylation sites is 4. The van der Waals surface area contributed by atoms with Crippen molar-refractivity contribution in [1.29, 1.82) is 0 Å². The van der Waals surface area contributed by atoms with E-state index in [0.29, 0.717) is 24.6 Å². The van der Waals surface area contributed by atoms with Gasteiger partial charge in [-0.05, 0) is 43.0 Å². The molecule has 2 amide bonds. The average Bonchev–Trinajstić information content (AvgIpc) is 3.40. The quantitative estimate of drug-likeness (QED) is 0.598. The fourth-order valence-corrected chi connectivity index (χ4v) is 5.03. The Labute approximate surface area is 193 Å². The van der Waals surface area contributed by atoms with Crippen molar-refractivity contribution in [2.24, 2.45) is 5.92 Å². The second kappa shape index (κ2) is 8.89. The molecule has 1 atom stereocenters. The molecule has 7 heteroatoms. The second-order valence-electron chi connectivity index (χ2n) is 9.19. The number of fused-ring (bicyclic) bond motifs is 1. The van der Waals surface area contributed by atoms with Crippen molar-refractivity contribution < 1.29 is 14.3 Å². The number of rotatable bonds is 5. The molecule has 5 rings (SSSR count). The molecule has 0 saturated carbocycles. The maximum Gasteiger partial charge on any atom is 0.242 e. The van der Waals surface area contributed by atoms with E-state index in [9.17, 15) is 9.59 Å². The predicted octanol–water partition coefficient (Wildman–Crippen LogP) is 3.82. The SMILES string of the molecule is COc1ccccc1N1C[C@@H](c2nc3ccccc3n2CC(=O)N2CCC(C)CC2)CC1=O. The van der Waals surface area contributed by atoms with E-state index in [0.717, 1.165) is 48.5 Å². The van der Waals surface area contributed by atoms with Crippen LogP contribution in [0.25, 0.3) is 11.0 Å². The summed E-state index contributed by atoms with van der Waals surface area (Å²) in [5.74, 6) is 2.22. The second-order valence-corrected chi connectivity index (χ2v) is 9.19. The molecular formula is C26H30N4O3. The summed E-state index contributed by atoms with van der Waals surface area (Å²) in [6, 6.07) is 15.5. The van der Waals surface area contributed by atoms with E-state index in [4.69, 9.17) is 9.72 Å². The van der Waals surface area contributed by atoms with Gasteiger partial charge in [-0.15, -0.1) is 0 Å². The third kappa shape index (κ3) is 4.08. The van der Waals surface area contributed by atoms with E-state index in [1.165, 1.54) is 0 Å². The Hall–Kier alpha value is -3.35. The molecule has 0 bridgehead atoms. The van der Waals surface area contributed by atoms with Gasteiger partial charge >= 0.3 is 0 Å². The number of benzene rings is 2. The monoisotopic (exact) mass is 446 g/mol. The molecule has 0 spiro atoms. The summed E-state index contributed by atoms with van der Waals surface area (Å²) in [5.41, 5.74) is 2.57. The average molecular weight is 447 g/mol. The predicted molar refractivity (Wildman–Crippen MR) is 127 cm³/mol. The van der Waals surface area contributed by atoms with Gasteiger partial charge in [0.15, 0.2) is 0 Å². The minimum atomic E-state index is -0.0935. The van der Waals surface area contributed by atoms with Crippen LogP contribution >= 0.6 is 0 Å². The van der Waals surface area contributed by atoms with Crippen molar-refractivity contribution in [3.05, 3.63) is 54.4 Å². The molecule has 2 saturated heterocycles. The van der Waals surface area contributed by atoms with Crippen LogP contribution in [0.3, 0.4) is 0 Å². The fraction of sp³-hybridized carbons (Fsp3) is 0.423. The summed E-state index contributed by atoms with van der Waals surface area (Å²) in [6.07, 6.45) is 2.46. The lowest BCUT2D eigenvalue weighted by Crippen LogP contribution is -2.40. The fourth-order valence-electron chi connectivity index (χ4n) is 5.03. The van der Waals surface area contributed by atoms with Crippen molar-refractivity contribution in [3.8, 4) is 5.75 Å². The third-order valence-electron chi connectivity index (χ3n) is 6.98. The number of piperidine rings is 1. The minimum absolute atomic E-state index is 0.0412. The number of likely N-dealkylation sites (tertiary alicyclic amines) is 1. The number of ether oxygens (including phenoxy) is 1. The van der Waals surface area contributed by atoms with Gasteiger partial charge in [0, 0.05) is 32.0 Å². The zero-order valence-corrected chi connectivity index (χ0v) is 19.2. The first-order valence-electron chi connectivity index (χ1n) is 11.7. The van der Waals surface area contributed by atoms with Gasteiger partial charge in [0.1, 0.15) is 18.1 Å². The lowest BCUT2D eigenvalue weighted by atomic mass is 9.99. The van der Waals surface area contributed by atoms with Crippen LogP contribution in [-0.4, -0.2) is 53.0 Å². The first kappa shape index (κ1) is 21.5. The van der Waals surface area contributed by atoms with E-state index in [1.807, 2.05) is 58.0 Å². The summed E-state index contributed by atoms with van der Waals surface area (Å²) >= 11 is 0. The Morgan fingerprint density at radius 2 is 1.82 bits per heavy atom. The van der Waals surface area contributed by atoms with Crippen LogP contribution in [0.15, 0.2) is 48.5 Å². The van der Waals surface area contributed by atoms with E-state index in [-0.39, 0.29) is 24.3 Å². The van der Waals surface area contributed by atoms with Crippen LogP contribution in [0.4, 0.5) is 5.69 Å². The molecule has 0 N–H and O–H groups in total. The number of aromatic nitrogens is 2. The van der Waals surface area contributed by atoms with Gasteiger partial charge in [0.05, 0.1) is 23.8 Å². The maximum absolute atomic E-state index is 13.2. The van der Waals surface area contributed by atoms with Gasteiger partial charge < -0.3 is 19.1 Å². The molecule has 3 heterocycles. The number of methoxy groups -OCH3 is 1. The number of carbonyl (C=O) groups excluding carboxylic acids is 2. The Morgan fingerprint density at radius 1 is 1.09 bits per heavy atom. The van der Waals surface area contributed by atoms with Gasteiger partial charge in [-0.1, -0.05) is 31.2 Å². The molecular weight excluding hydrogens is 416 g/mol. The number of hydrogen-bond acceptors (Lipinski definition) is 4. The van der Waals surface area contributed by atoms with Crippen LogP contribution in [-0.2, 0) is 16.1 Å². The van der Waals surface area contributed by atoms with Gasteiger partial charge in [-0.2, -0.15) is 0 Å². The number of anilines is 1. The normalized spacial score (nSPS) is 19.5. The molecule has 0 aliphatic carbocycles. The molecule has 2 fully saturated rings. The molecule has 2 aliphatic heterocycles. The summed E-state index contributed by atoms with van der Waals surface area (Å²) in [6.45, 7) is 4.63. The van der Waals surface area contributed by atoms with E-state index >= 15 is 0 Å². The first-order chi connectivity index (χ1) is 16.0. The molecule has 33 heavy (non-hydrogen) atoms. The number of hydrogen-bond donors (Lipinski definition) is 0. The Kier molecular flexibility index (Phi) is 5.79. The van der Waals surface area contributed by atoms with E-state index in [1.54, 1.807) is 12.0 Å². The maximum atomic E-state index is 13.2. The zero-order valence-electron chi connectivity index (χ0n) is 19.2. The molecule has 172 valence electrons. The summed E-state index contributed by atoms with van der Waals surface area (Å²) in [5, 5.41) is 0. The highest BCUT2D eigenvalue weighted by atomic mass is 16.5. The zero-order chi connectivity index (χ0) is 22.9. The van der Waals surface area contributed by atoms with Crippen molar-refractivity contribution in [2.45, 2.75) is 38.6 Å². The summed E-state index contributed by atoms with van der Waals surface area (Å²) < 4.78 is 7.51. The Bertz CT molecular complexity index is 1180. The number of amides is 2. The van der Waals surface area contributed by atoms with Crippen molar-refractivity contribution in [1.82, 2.24) is 14.5 Å². The van der Waals surface area contributed by atoms with Crippen molar-refractivity contribution >= 4 is 28.5 Å². The Morgan fingerprint density at radius 3 is 2.61 bits per heavy atom. The smallest absolute Gasteiger partial charge is 0.242 e. The third-order valence-corrected chi connectivity index (χ3v) is 6.98. The number of imidazole rings is 1. The topological polar surface area (TPSA) is 67.7 Å². The molecule has 0 radical (unpaired) electrons. The van der Waals surface area contributed by atoms with E-state index in [2.05, 4.69) is 6.92 Å². The van der Waals surface area contributed by atoms with Crippen LogP contribution < -0.4 is 9.64 Å². The molecule has 1 aromatic heterocycles. The highest BCUT2D eigenvalue weighted by molar-refractivity contribution is 5.98.